The maximum atomic E-state index is 11.3. The van der Waals surface area contributed by atoms with Crippen molar-refractivity contribution in [3.05, 3.63) is 24.5 Å². The van der Waals surface area contributed by atoms with E-state index in [0.29, 0.717) is 13.1 Å². The molecule has 0 saturated carbocycles. The van der Waals surface area contributed by atoms with E-state index in [1.165, 1.54) is 0 Å². The number of nitrogens with zero attached hydrogens (tertiary/aromatic N) is 1. The van der Waals surface area contributed by atoms with Crippen molar-refractivity contribution in [3.8, 4) is 0 Å². The molecule has 1 amide bonds. The minimum atomic E-state index is 0.0654. The van der Waals surface area contributed by atoms with Crippen LogP contribution in [0.5, 0.6) is 0 Å². The second kappa shape index (κ2) is 7.06. The molecule has 1 aromatic rings. The normalized spacial score (nSPS) is 10.2. The molecule has 0 aliphatic heterocycles. The van der Waals surface area contributed by atoms with Gasteiger partial charge in [-0.25, -0.2) is 0 Å². The molecule has 1 heterocycles. The van der Waals surface area contributed by atoms with Crippen LogP contribution in [0, 0.1) is 0 Å². The van der Waals surface area contributed by atoms with Crippen LogP contribution in [0.4, 0.5) is 0 Å². The number of hydrogen-bond acceptors (Lipinski definition) is 2. The third-order valence-corrected chi connectivity index (χ3v) is 2.07. The summed E-state index contributed by atoms with van der Waals surface area (Å²) in [5, 5.41) is 5.92. The molecular weight excluding hydrogens is 190 g/mol. The van der Waals surface area contributed by atoms with Crippen LogP contribution >= 0.6 is 0 Å². The van der Waals surface area contributed by atoms with E-state index in [4.69, 9.17) is 0 Å². The molecule has 84 valence electrons. The number of rotatable bonds is 7. The Bertz CT molecular complexity index is 269. The van der Waals surface area contributed by atoms with Crippen LogP contribution in [0.3, 0.4) is 0 Å². The number of amides is 1. The zero-order valence-electron chi connectivity index (χ0n) is 9.20. The van der Waals surface area contributed by atoms with Gasteiger partial charge in [0.2, 0.25) is 5.91 Å². The van der Waals surface area contributed by atoms with Gasteiger partial charge in [-0.2, -0.15) is 0 Å². The SMILES string of the molecule is CCCNCC(=O)NCCn1cccc1. The number of nitrogens with one attached hydrogen (secondary N) is 2. The van der Waals surface area contributed by atoms with E-state index in [1.807, 2.05) is 29.1 Å². The molecule has 4 nitrogen and oxygen atoms in total. The Balaban J connectivity index is 2.02. The van der Waals surface area contributed by atoms with Gasteiger partial charge in [0.15, 0.2) is 0 Å². The maximum absolute atomic E-state index is 11.3. The van der Waals surface area contributed by atoms with E-state index in [2.05, 4.69) is 17.6 Å². The Labute approximate surface area is 90.7 Å². The van der Waals surface area contributed by atoms with Gasteiger partial charge in [-0.05, 0) is 25.1 Å². The highest BCUT2D eigenvalue weighted by atomic mass is 16.1. The molecule has 0 unspecified atom stereocenters. The van der Waals surface area contributed by atoms with Gasteiger partial charge in [0.25, 0.3) is 0 Å². The predicted molar refractivity (Wildman–Crippen MR) is 60.6 cm³/mol. The summed E-state index contributed by atoms with van der Waals surface area (Å²) in [7, 11) is 0. The molecule has 0 radical (unpaired) electrons. The standard InChI is InChI=1S/C11H19N3O/c1-2-5-12-10-11(15)13-6-9-14-7-3-4-8-14/h3-4,7-8,12H,2,5-6,9-10H2,1H3,(H,13,15). The molecule has 2 N–H and O–H groups in total. The summed E-state index contributed by atoms with van der Waals surface area (Å²) in [6, 6.07) is 3.95. The van der Waals surface area contributed by atoms with Gasteiger partial charge in [0.05, 0.1) is 6.54 Å². The highest BCUT2D eigenvalue weighted by Crippen LogP contribution is 1.87. The minimum absolute atomic E-state index is 0.0654. The lowest BCUT2D eigenvalue weighted by Crippen LogP contribution is -2.35. The zero-order valence-corrected chi connectivity index (χ0v) is 9.20. The fraction of sp³-hybridized carbons (Fsp3) is 0.545. The van der Waals surface area contributed by atoms with Crippen molar-refractivity contribution in [2.45, 2.75) is 19.9 Å². The third-order valence-electron chi connectivity index (χ3n) is 2.07. The van der Waals surface area contributed by atoms with Gasteiger partial charge in [0, 0.05) is 25.5 Å². The minimum Gasteiger partial charge on any atom is -0.353 e. The summed E-state index contributed by atoms with van der Waals surface area (Å²) >= 11 is 0. The zero-order chi connectivity index (χ0) is 10.9. The van der Waals surface area contributed by atoms with E-state index >= 15 is 0 Å². The van der Waals surface area contributed by atoms with Gasteiger partial charge in [-0.1, -0.05) is 6.92 Å². The summed E-state index contributed by atoms with van der Waals surface area (Å²) < 4.78 is 2.04. The monoisotopic (exact) mass is 209 g/mol. The Morgan fingerprint density at radius 3 is 2.67 bits per heavy atom. The molecule has 0 atom stereocenters. The van der Waals surface area contributed by atoms with Gasteiger partial charge in [0.1, 0.15) is 0 Å². The fourth-order valence-electron chi connectivity index (χ4n) is 1.28. The Morgan fingerprint density at radius 2 is 2.00 bits per heavy atom. The van der Waals surface area contributed by atoms with Crippen molar-refractivity contribution in [1.29, 1.82) is 0 Å². The smallest absolute Gasteiger partial charge is 0.234 e. The van der Waals surface area contributed by atoms with Crippen molar-refractivity contribution < 1.29 is 4.79 Å². The number of carbonyl (C=O) groups is 1. The predicted octanol–water partition coefficient (Wildman–Crippen LogP) is 0.604. The highest BCUT2D eigenvalue weighted by molar-refractivity contribution is 5.77. The molecule has 1 rings (SSSR count). The quantitative estimate of drug-likeness (QED) is 0.646. The molecule has 0 bridgehead atoms. The van der Waals surface area contributed by atoms with Crippen molar-refractivity contribution in [3.63, 3.8) is 0 Å². The second-order valence-corrected chi connectivity index (χ2v) is 3.45. The van der Waals surface area contributed by atoms with E-state index < -0.39 is 0 Å². The highest BCUT2D eigenvalue weighted by Gasteiger charge is 1.98. The summed E-state index contributed by atoms with van der Waals surface area (Å²) in [4.78, 5) is 11.3. The molecule has 0 aromatic carbocycles. The first-order chi connectivity index (χ1) is 7.33. The van der Waals surface area contributed by atoms with Crippen molar-refractivity contribution in [1.82, 2.24) is 15.2 Å². The van der Waals surface area contributed by atoms with E-state index in [-0.39, 0.29) is 5.91 Å². The van der Waals surface area contributed by atoms with Crippen LogP contribution in [-0.2, 0) is 11.3 Å². The molecule has 4 heteroatoms. The van der Waals surface area contributed by atoms with Crippen molar-refractivity contribution in [2.75, 3.05) is 19.6 Å². The first kappa shape index (κ1) is 11.8. The van der Waals surface area contributed by atoms with Crippen molar-refractivity contribution >= 4 is 5.91 Å². The van der Waals surface area contributed by atoms with E-state index in [9.17, 15) is 4.79 Å². The Kier molecular flexibility index (Phi) is 5.55. The average molecular weight is 209 g/mol. The van der Waals surface area contributed by atoms with Crippen LogP contribution in [0.15, 0.2) is 24.5 Å². The van der Waals surface area contributed by atoms with Gasteiger partial charge in [-0.3, -0.25) is 4.79 Å². The largest absolute Gasteiger partial charge is 0.353 e. The fourth-order valence-corrected chi connectivity index (χ4v) is 1.28. The summed E-state index contributed by atoms with van der Waals surface area (Å²) in [5.74, 6) is 0.0654. The number of hydrogen-bond donors (Lipinski definition) is 2. The van der Waals surface area contributed by atoms with Crippen LogP contribution in [0.2, 0.25) is 0 Å². The summed E-state index contributed by atoms with van der Waals surface area (Å²) in [5.41, 5.74) is 0. The Morgan fingerprint density at radius 1 is 1.27 bits per heavy atom. The first-order valence-electron chi connectivity index (χ1n) is 5.41. The lowest BCUT2D eigenvalue weighted by molar-refractivity contribution is -0.120. The van der Waals surface area contributed by atoms with Crippen molar-refractivity contribution in [2.24, 2.45) is 0 Å². The van der Waals surface area contributed by atoms with Gasteiger partial charge < -0.3 is 15.2 Å². The van der Waals surface area contributed by atoms with Crippen LogP contribution in [-0.4, -0.2) is 30.1 Å². The topological polar surface area (TPSA) is 46.1 Å². The van der Waals surface area contributed by atoms with Crippen LogP contribution in [0.1, 0.15) is 13.3 Å². The molecule has 0 aliphatic rings. The average Bonchev–Trinajstić information content (AvgIpc) is 2.71. The van der Waals surface area contributed by atoms with E-state index in [1.54, 1.807) is 0 Å². The van der Waals surface area contributed by atoms with E-state index in [0.717, 1.165) is 19.5 Å². The molecular formula is C11H19N3O. The number of carbonyl (C=O) groups excluding carboxylic acids is 1. The summed E-state index contributed by atoms with van der Waals surface area (Å²) in [6.45, 7) is 4.90. The molecule has 0 fully saturated rings. The van der Waals surface area contributed by atoms with Crippen LogP contribution in [0.25, 0.3) is 0 Å². The lowest BCUT2D eigenvalue weighted by atomic mass is 10.4. The molecule has 0 aliphatic carbocycles. The molecule has 15 heavy (non-hydrogen) atoms. The molecule has 0 spiro atoms. The second-order valence-electron chi connectivity index (χ2n) is 3.45. The third kappa shape index (κ3) is 5.22. The lowest BCUT2D eigenvalue weighted by Gasteiger charge is -2.06. The molecule has 1 aromatic heterocycles. The molecule has 0 saturated heterocycles. The first-order valence-corrected chi connectivity index (χ1v) is 5.41. The Hall–Kier alpha value is -1.29. The summed E-state index contributed by atoms with van der Waals surface area (Å²) in [6.07, 6.45) is 5.03. The van der Waals surface area contributed by atoms with Crippen LogP contribution < -0.4 is 10.6 Å². The number of aromatic nitrogens is 1. The van der Waals surface area contributed by atoms with Gasteiger partial charge in [-0.15, -0.1) is 0 Å². The maximum Gasteiger partial charge on any atom is 0.234 e. The van der Waals surface area contributed by atoms with Gasteiger partial charge >= 0.3 is 0 Å².